The fraction of sp³-hybridized carbons (Fsp3) is 0.0400. The summed E-state index contributed by atoms with van der Waals surface area (Å²) in [5.74, 6) is -0.00449. The first kappa shape index (κ1) is 18.7. The number of carbonyl (C=O) groups is 1. The largest absolute Gasteiger partial charge is 0.368 e. The highest BCUT2D eigenvalue weighted by molar-refractivity contribution is 6.09. The van der Waals surface area contributed by atoms with Gasteiger partial charge in [-0.1, -0.05) is 30.3 Å². The van der Waals surface area contributed by atoms with Crippen LogP contribution in [0.25, 0.3) is 33.1 Å². The third kappa shape index (κ3) is 3.44. The van der Waals surface area contributed by atoms with Crippen LogP contribution >= 0.6 is 0 Å². The van der Waals surface area contributed by atoms with Gasteiger partial charge in [0.15, 0.2) is 0 Å². The predicted molar refractivity (Wildman–Crippen MR) is 124 cm³/mol. The number of para-hydroxylation sites is 1. The van der Waals surface area contributed by atoms with E-state index in [0.29, 0.717) is 11.3 Å². The minimum absolute atomic E-state index is 0.200. The fourth-order valence-corrected chi connectivity index (χ4v) is 3.73. The van der Waals surface area contributed by atoms with Crippen molar-refractivity contribution < 1.29 is 4.79 Å². The van der Waals surface area contributed by atoms with E-state index in [1.807, 2.05) is 79.7 Å². The van der Waals surface area contributed by atoms with Crippen molar-refractivity contribution in [2.75, 3.05) is 11.1 Å². The van der Waals surface area contributed by atoms with E-state index in [2.05, 4.69) is 20.3 Å². The average Bonchev–Trinajstić information content (AvgIpc) is 2.79. The summed E-state index contributed by atoms with van der Waals surface area (Å²) in [6, 6.07) is 22.7. The van der Waals surface area contributed by atoms with Gasteiger partial charge in [0, 0.05) is 28.1 Å². The summed E-state index contributed by atoms with van der Waals surface area (Å²) in [7, 11) is 0. The quantitative estimate of drug-likeness (QED) is 0.441. The molecule has 6 heteroatoms. The van der Waals surface area contributed by atoms with Gasteiger partial charge in [-0.3, -0.25) is 9.78 Å². The Balaban J connectivity index is 1.57. The lowest BCUT2D eigenvalue weighted by atomic mass is 9.99. The molecule has 2 heterocycles. The van der Waals surface area contributed by atoms with Crippen molar-refractivity contribution in [3.63, 3.8) is 0 Å². The number of nitrogens with zero attached hydrogens (tertiary/aromatic N) is 3. The molecule has 150 valence electrons. The topological polar surface area (TPSA) is 93.8 Å². The Labute approximate surface area is 178 Å². The first-order chi connectivity index (χ1) is 15.1. The van der Waals surface area contributed by atoms with E-state index in [1.165, 1.54) is 0 Å². The summed E-state index contributed by atoms with van der Waals surface area (Å²) < 4.78 is 0. The van der Waals surface area contributed by atoms with E-state index in [-0.39, 0.29) is 11.9 Å². The molecule has 1 amide bonds. The molecule has 0 radical (unpaired) electrons. The standard InChI is InChI=1S/C25H19N5O/c1-15-11-12-16(24(31)28-21-10-4-9-20-17(21)7-5-13-27-20)14-19(15)23-18-6-2-3-8-22(18)29-25(26)30-23/h2-14H,1H3,(H,28,31)(H2,26,29,30). The molecule has 6 nitrogen and oxygen atoms in total. The molecule has 0 spiro atoms. The number of fused-ring (bicyclic) bond motifs is 2. The normalized spacial score (nSPS) is 11.0. The Morgan fingerprint density at radius 3 is 2.58 bits per heavy atom. The van der Waals surface area contributed by atoms with Crippen LogP contribution in [0.5, 0.6) is 0 Å². The minimum atomic E-state index is -0.205. The number of pyridine rings is 1. The van der Waals surface area contributed by atoms with Gasteiger partial charge in [0.2, 0.25) is 5.95 Å². The second kappa shape index (κ2) is 7.50. The fourth-order valence-electron chi connectivity index (χ4n) is 3.73. The van der Waals surface area contributed by atoms with Gasteiger partial charge < -0.3 is 11.1 Å². The molecule has 3 aromatic carbocycles. The minimum Gasteiger partial charge on any atom is -0.368 e. The van der Waals surface area contributed by atoms with E-state index >= 15 is 0 Å². The van der Waals surface area contributed by atoms with Gasteiger partial charge in [0.1, 0.15) is 0 Å². The number of hydrogen-bond acceptors (Lipinski definition) is 5. The third-order valence-corrected chi connectivity index (χ3v) is 5.27. The highest BCUT2D eigenvalue weighted by atomic mass is 16.1. The van der Waals surface area contributed by atoms with Crippen molar-refractivity contribution in [2.24, 2.45) is 0 Å². The zero-order valence-corrected chi connectivity index (χ0v) is 16.8. The molecule has 0 aliphatic carbocycles. The predicted octanol–water partition coefficient (Wildman–Crippen LogP) is 4.99. The number of anilines is 2. The van der Waals surface area contributed by atoms with E-state index in [9.17, 15) is 4.79 Å². The van der Waals surface area contributed by atoms with Crippen LogP contribution < -0.4 is 11.1 Å². The van der Waals surface area contributed by atoms with Crippen LogP contribution in [0.1, 0.15) is 15.9 Å². The number of nitrogens with one attached hydrogen (secondary N) is 1. The number of rotatable bonds is 3. The molecule has 5 rings (SSSR count). The van der Waals surface area contributed by atoms with E-state index in [1.54, 1.807) is 6.20 Å². The number of aromatic nitrogens is 3. The van der Waals surface area contributed by atoms with Crippen molar-refractivity contribution in [2.45, 2.75) is 6.92 Å². The molecule has 0 saturated heterocycles. The molecular formula is C25H19N5O. The third-order valence-electron chi connectivity index (χ3n) is 5.27. The molecule has 0 saturated carbocycles. The van der Waals surface area contributed by atoms with Crippen molar-refractivity contribution >= 4 is 39.3 Å². The zero-order chi connectivity index (χ0) is 21.4. The smallest absolute Gasteiger partial charge is 0.255 e. The lowest BCUT2D eigenvalue weighted by Gasteiger charge is -2.12. The van der Waals surface area contributed by atoms with Gasteiger partial charge in [-0.25, -0.2) is 9.97 Å². The van der Waals surface area contributed by atoms with Crippen LogP contribution in [0.2, 0.25) is 0 Å². The summed E-state index contributed by atoms with van der Waals surface area (Å²) >= 11 is 0. The first-order valence-corrected chi connectivity index (χ1v) is 9.88. The van der Waals surface area contributed by atoms with Crippen molar-refractivity contribution in [1.82, 2.24) is 15.0 Å². The maximum Gasteiger partial charge on any atom is 0.255 e. The molecule has 3 N–H and O–H groups in total. The number of amides is 1. The Morgan fingerprint density at radius 2 is 1.68 bits per heavy atom. The maximum atomic E-state index is 13.1. The van der Waals surface area contributed by atoms with E-state index in [0.717, 1.165) is 38.6 Å². The SMILES string of the molecule is Cc1ccc(C(=O)Nc2cccc3ncccc23)cc1-c1nc(N)nc2ccccc12. The number of benzene rings is 3. The zero-order valence-electron chi connectivity index (χ0n) is 16.8. The Kier molecular flexibility index (Phi) is 4.52. The van der Waals surface area contributed by atoms with Crippen LogP contribution in [0.3, 0.4) is 0 Å². The van der Waals surface area contributed by atoms with Crippen LogP contribution in [0, 0.1) is 6.92 Å². The van der Waals surface area contributed by atoms with Gasteiger partial charge in [-0.05, 0) is 55.0 Å². The van der Waals surface area contributed by atoms with Crippen molar-refractivity contribution in [3.8, 4) is 11.3 Å². The molecular weight excluding hydrogens is 386 g/mol. The molecule has 5 aromatic rings. The highest BCUT2D eigenvalue weighted by Crippen LogP contribution is 2.30. The molecule has 0 fully saturated rings. The maximum absolute atomic E-state index is 13.1. The number of nitrogens with two attached hydrogens (primary N) is 1. The average molecular weight is 405 g/mol. The molecule has 0 aliphatic heterocycles. The molecule has 0 unspecified atom stereocenters. The van der Waals surface area contributed by atoms with Crippen LogP contribution in [-0.4, -0.2) is 20.9 Å². The van der Waals surface area contributed by atoms with Crippen molar-refractivity contribution in [3.05, 3.63) is 90.1 Å². The Hall–Kier alpha value is -4.32. The van der Waals surface area contributed by atoms with Crippen LogP contribution in [0.15, 0.2) is 79.0 Å². The van der Waals surface area contributed by atoms with Crippen LogP contribution in [0.4, 0.5) is 11.6 Å². The summed E-state index contributed by atoms with van der Waals surface area (Å²) in [6.45, 7) is 1.99. The van der Waals surface area contributed by atoms with Gasteiger partial charge in [0.25, 0.3) is 5.91 Å². The summed E-state index contributed by atoms with van der Waals surface area (Å²) in [5, 5.41) is 4.79. The molecule has 2 aromatic heterocycles. The lowest BCUT2D eigenvalue weighted by molar-refractivity contribution is 0.102. The molecule has 0 aliphatic rings. The molecule has 0 atom stereocenters. The Bertz CT molecular complexity index is 1460. The van der Waals surface area contributed by atoms with Gasteiger partial charge in [-0.15, -0.1) is 0 Å². The number of aryl methyl sites for hydroxylation is 1. The lowest BCUT2D eigenvalue weighted by Crippen LogP contribution is -2.12. The Morgan fingerprint density at radius 1 is 0.871 bits per heavy atom. The summed E-state index contributed by atoms with van der Waals surface area (Å²) in [5.41, 5.74) is 11.4. The summed E-state index contributed by atoms with van der Waals surface area (Å²) in [4.78, 5) is 26.2. The van der Waals surface area contributed by atoms with E-state index < -0.39 is 0 Å². The molecule has 0 bridgehead atoms. The van der Waals surface area contributed by atoms with Gasteiger partial charge in [-0.2, -0.15) is 0 Å². The number of nitrogen functional groups attached to an aromatic ring is 1. The second-order valence-corrected chi connectivity index (χ2v) is 7.31. The van der Waals surface area contributed by atoms with Gasteiger partial charge >= 0.3 is 0 Å². The highest BCUT2D eigenvalue weighted by Gasteiger charge is 2.15. The number of carbonyl (C=O) groups excluding carboxylic acids is 1. The number of hydrogen-bond donors (Lipinski definition) is 2. The van der Waals surface area contributed by atoms with Gasteiger partial charge in [0.05, 0.1) is 22.4 Å². The second-order valence-electron chi connectivity index (χ2n) is 7.31. The molecule has 31 heavy (non-hydrogen) atoms. The monoisotopic (exact) mass is 405 g/mol. The first-order valence-electron chi connectivity index (χ1n) is 9.88. The van der Waals surface area contributed by atoms with Crippen LogP contribution in [-0.2, 0) is 0 Å². The van der Waals surface area contributed by atoms with E-state index in [4.69, 9.17) is 5.73 Å². The summed E-state index contributed by atoms with van der Waals surface area (Å²) in [6.07, 6.45) is 1.73. The van der Waals surface area contributed by atoms with Crippen molar-refractivity contribution in [1.29, 1.82) is 0 Å².